The number of aromatic nitrogens is 4. The van der Waals surface area contributed by atoms with E-state index < -0.39 is 6.09 Å². The van der Waals surface area contributed by atoms with Gasteiger partial charge in [-0.05, 0) is 19.1 Å². The summed E-state index contributed by atoms with van der Waals surface area (Å²) in [5.41, 5.74) is 1.05. The number of benzene rings is 1. The molecule has 0 saturated carbocycles. The van der Waals surface area contributed by atoms with Gasteiger partial charge < -0.3 is 20.8 Å². The Morgan fingerprint density at radius 1 is 1.16 bits per heavy atom. The monoisotopic (exact) mass is 360 g/mol. The lowest BCUT2D eigenvalue weighted by atomic mass is 10.3. The summed E-state index contributed by atoms with van der Waals surface area (Å²) in [4.78, 5) is 19.4. The first-order valence-corrected chi connectivity index (χ1v) is 7.45. The molecule has 0 unspecified atom stereocenters. The summed E-state index contributed by atoms with van der Waals surface area (Å²) in [6.45, 7) is 1.63. The smallest absolute Gasteiger partial charge is 0.432 e. The first-order chi connectivity index (χ1) is 11.9. The molecule has 0 bridgehead atoms. The highest BCUT2D eigenvalue weighted by atomic mass is 35.5. The zero-order valence-electron chi connectivity index (χ0n) is 12.9. The van der Waals surface area contributed by atoms with E-state index in [2.05, 4.69) is 25.7 Å². The van der Waals surface area contributed by atoms with Gasteiger partial charge in [0.05, 0.1) is 17.4 Å². The van der Waals surface area contributed by atoms with Gasteiger partial charge in [0.15, 0.2) is 17.5 Å². The van der Waals surface area contributed by atoms with Crippen molar-refractivity contribution in [1.82, 2.24) is 19.7 Å². The molecule has 0 spiro atoms. The van der Waals surface area contributed by atoms with Crippen LogP contribution in [0.4, 0.5) is 27.9 Å². The highest BCUT2D eigenvalue weighted by molar-refractivity contribution is 6.32. The van der Waals surface area contributed by atoms with Crippen LogP contribution in [-0.2, 0) is 0 Å². The number of carboxylic acid groups (broad SMARTS) is 1. The minimum atomic E-state index is -1.17. The Morgan fingerprint density at radius 3 is 2.52 bits per heavy atom. The van der Waals surface area contributed by atoms with Crippen molar-refractivity contribution < 1.29 is 15.0 Å². The Morgan fingerprint density at radius 2 is 1.88 bits per heavy atom. The van der Waals surface area contributed by atoms with Crippen LogP contribution >= 0.6 is 11.6 Å². The predicted molar refractivity (Wildman–Crippen MR) is 92.1 cm³/mol. The highest BCUT2D eigenvalue weighted by Gasteiger charge is 2.10. The number of phenols is 1. The number of nitrogens with zero attached hydrogens (tertiary/aromatic N) is 4. The normalized spacial score (nSPS) is 10.5. The molecule has 10 heteroatoms. The fourth-order valence-electron chi connectivity index (χ4n) is 2.09. The molecule has 2 heterocycles. The molecule has 0 aliphatic rings. The van der Waals surface area contributed by atoms with Gasteiger partial charge in [0.1, 0.15) is 5.75 Å². The minimum Gasteiger partial charge on any atom is -0.506 e. The maximum absolute atomic E-state index is 11.0. The number of aromatic hydroxyl groups is 1. The molecule has 4 N–H and O–H groups in total. The van der Waals surface area contributed by atoms with Crippen LogP contribution in [0.5, 0.6) is 5.75 Å². The Labute approximate surface area is 146 Å². The van der Waals surface area contributed by atoms with Crippen LogP contribution in [0.1, 0.15) is 5.69 Å². The van der Waals surface area contributed by atoms with Crippen molar-refractivity contribution in [2.24, 2.45) is 0 Å². The van der Waals surface area contributed by atoms with Crippen LogP contribution in [0.2, 0.25) is 5.02 Å². The molecule has 0 fully saturated rings. The second kappa shape index (κ2) is 6.65. The minimum absolute atomic E-state index is 0.0522. The zero-order valence-corrected chi connectivity index (χ0v) is 13.7. The molecule has 0 aliphatic carbocycles. The van der Waals surface area contributed by atoms with Crippen molar-refractivity contribution in [3.63, 3.8) is 0 Å². The van der Waals surface area contributed by atoms with E-state index in [9.17, 15) is 9.90 Å². The number of phenolic OH excluding ortho intramolecular Hbond substituents is 1. The number of hydrogen-bond acceptors (Lipinski definition) is 7. The van der Waals surface area contributed by atoms with E-state index in [1.165, 1.54) is 18.5 Å². The summed E-state index contributed by atoms with van der Waals surface area (Å²) < 4.78 is 0.856. The Balaban J connectivity index is 1.78. The van der Waals surface area contributed by atoms with Crippen LogP contribution in [0.3, 0.4) is 0 Å². The van der Waals surface area contributed by atoms with Crippen LogP contribution in [-0.4, -0.2) is 36.1 Å². The number of halogens is 1. The summed E-state index contributed by atoms with van der Waals surface area (Å²) in [6.07, 6.45) is 1.80. The lowest BCUT2D eigenvalue weighted by molar-refractivity contribution is 0.192. The van der Waals surface area contributed by atoms with E-state index in [1.807, 2.05) is 0 Å². The number of aryl methyl sites for hydroxylation is 1. The van der Waals surface area contributed by atoms with E-state index in [1.54, 1.807) is 25.1 Å². The van der Waals surface area contributed by atoms with E-state index in [0.717, 1.165) is 4.68 Å². The molecule has 9 nitrogen and oxygen atoms in total. The van der Waals surface area contributed by atoms with Crippen LogP contribution in [0.15, 0.2) is 36.7 Å². The third-order valence-electron chi connectivity index (χ3n) is 3.18. The maximum Gasteiger partial charge on any atom is 0.432 e. The standard InChI is InChI=1S/C15H13ClN6O3/c1-8-4-12(21-22(8)15(24)25)19-14-7-17-6-13(20-14)18-9-2-3-10(16)11(23)5-9/h2-7,23H,1H3,(H,24,25)(H2,18,19,20,21). The second-order valence-electron chi connectivity index (χ2n) is 5.07. The molecule has 3 rings (SSSR count). The number of hydrogen-bond donors (Lipinski definition) is 4. The molecular formula is C15H13ClN6O3. The van der Waals surface area contributed by atoms with Crippen LogP contribution in [0, 0.1) is 6.92 Å². The van der Waals surface area contributed by atoms with Crippen LogP contribution < -0.4 is 10.6 Å². The van der Waals surface area contributed by atoms with Gasteiger partial charge in [-0.1, -0.05) is 11.6 Å². The van der Waals surface area contributed by atoms with Gasteiger partial charge in [-0.3, -0.25) is 4.98 Å². The summed E-state index contributed by atoms with van der Waals surface area (Å²) in [5.74, 6) is 1.07. The molecule has 1 aromatic carbocycles. The molecule has 0 aliphatic heterocycles. The fourth-order valence-corrected chi connectivity index (χ4v) is 2.20. The summed E-state index contributed by atoms with van der Waals surface area (Å²) >= 11 is 5.77. The third kappa shape index (κ3) is 3.78. The first kappa shape index (κ1) is 16.5. The lowest BCUT2D eigenvalue weighted by Gasteiger charge is -2.08. The fraction of sp³-hybridized carbons (Fsp3) is 0.0667. The third-order valence-corrected chi connectivity index (χ3v) is 3.50. The number of carbonyl (C=O) groups is 1. The van der Waals surface area contributed by atoms with Gasteiger partial charge in [0.25, 0.3) is 0 Å². The maximum atomic E-state index is 11.0. The molecule has 0 atom stereocenters. The largest absolute Gasteiger partial charge is 0.506 e. The quantitative estimate of drug-likeness (QED) is 0.558. The predicted octanol–water partition coefficient (Wildman–Crippen LogP) is 3.35. The van der Waals surface area contributed by atoms with Gasteiger partial charge in [-0.25, -0.2) is 9.78 Å². The van der Waals surface area contributed by atoms with Crippen LogP contribution in [0.25, 0.3) is 0 Å². The molecule has 128 valence electrons. The van der Waals surface area contributed by atoms with Gasteiger partial charge in [-0.2, -0.15) is 4.68 Å². The lowest BCUT2D eigenvalue weighted by Crippen LogP contribution is -2.11. The summed E-state index contributed by atoms with van der Waals surface area (Å²) in [5, 5.41) is 28.6. The SMILES string of the molecule is Cc1cc(Nc2cncc(Nc3ccc(Cl)c(O)c3)n2)nn1C(=O)O. The average molecular weight is 361 g/mol. The second-order valence-corrected chi connectivity index (χ2v) is 5.48. The summed E-state index contributed by atoms with van der Waals surface area (Å²) in [6, 6.07) is 6.27. The van der Waals surface area contributed by atoms with Crippen molar-refractivity contribution in [1.29, 1.82) is 0 Å². The Bertz CT molecular complexity index is 943. The van der Waals surface area contributed by atoms with E-state index in [-0.39, 0.29) is 10.8 Å². The van der Waals surface area contributed by atoms with Crippen molar-refractivity contribution in [3.05, 3.63) is 47.4 Å². The first-order valence-electron chi connectivity index (χ1n) is 7.07. The van der Waals surface area contributed by atoms with Crippen molar-refractivity contribution in [3.8, 4) is 5.75 Å². The summed E-state index contributed by atoms with van der Waals surface area (Å²) in [7, 11) is 0. The van der Waals surface area contributed by atoms with Gasteiger partial charge >= 0.3 is 6.09 Å². The van der Waals surface area contributed by atoms with Gasteiger partial charge in [-0.15, -0.1) is 5.10 Å². The molecule has 25 heavy (non-hydrogen) atoms. The molecular weight excluding hydrogens is 348 g/mol. The zero-order chi connectivity index (χ0) is 18.0. The van der Waals surface area contributed by atoms with E-state index >= 15 is 0 Å². The molecule has 0 saturated heterocycles. The van der Waals surface area contributed by atoms with Gasteiger partial charge in [0.2, 0.25) is 0 Å². The molecule has 2 aromatic heterocycles. The van der Waals surface area contributed by atoms with E-state index in [4.69, 9.17) is 16.7 Å². The van der Waals surface area contributed by atoms with Gasteiger partial charge in [0, 0.05) is 23.5 Å². The topological polar surface area (TPSA) is 125 Å². The Hall–Kier alpha value is -3.33. The van der Waals surface area contributed by atoms with Crippen molar-refractivity contribution in [2.75, 3.05) is 10.6 Å². The van der Waals surface area contributed by atoms with E-state index in [0.29, 0.717) is 28.8 Å². The average Bonchev–Trinajstić information content (AvgIpc) is 2.92. The Kier molecular flexibility index (Phi) is 4.40. The number of nitrogens with one attached hydrogen (secondary N) is 2. The highest BCUT2D eigenvalue weighted by Crippen LogP contribution is 2.27. The molecule has 0 radical (unpaired) electrons. The van der Waals surface area contributed by atoms with Crippen molar-refractivity contribution >= 4 is 40.8 Å². The number of anilines is 4. The molecule has 0 amide bonds. The number of rotatable bonds is 4. The van der Waals surface area contributed by atoms with Crippen molar-refractivity contribution in [2.45, 2.75) is 6.92 Å². The molecule has 3 aromatic rings.